The van der Waals surface area contributed by atoms with Crippen molar-refractivity contribution in [3.05, 3.63) is 40.0 Å². The van der Waals surface area contributed by atoms with Gasteiger partial charge in [0.15, 0.2) is 5.82 Å². The lowest BCUT2D eigenvalue weighted by molar-refractivity contribution is 0.368. The summed E-state index contributed by atoms with van der Waals surface area (Å²) in [6.45, 7) is 2.30. The highest BCUT2D eigenvalue weighted by molar-refractivity contribution is 9.10. The van der Waals surface area contributed by atoms with Crippen LogP contribution in [-0.4, -0.2) is 19.7 Å². The van der Waals surface area contributed by atoms with E-state index in [1.54, 1.807) is 13.0 Å². The number of rotatable bonds is 4. The number of nitrogens with zero attached hydrogens (tertiary/aromatic N) is 4. The molecule has 0 spiro atoms. The molecular weight excluding hydrogens is 363 g/mol. The van der Waals surface area contributed by atoms with Crippen molar-refractivity contribution in [3.63, 3.8) is 0 Å². The number of halogens is 3. The quantitative estimate of drug-likeness (QED) is 0.656. The Hall–Kier alpha value is -1.47. The Bertz CT molecular complexity index is 801. The molecule has 0 aliphatic rings. The number of aromatic nitrogens is 4. The summed E-state index contributed by atoms with van der Waals surface area (Å²) in [5, 5.41) is 3.74. The molecule has 110 valence electrons. The van der Waals surface area contributed by atoms with E-state index in [0.29, 0.717) is 46.0 Å². The second-order valence-electron chi connectivity index (χ2n) is 4.55. The largest absolute Gasteiger partial charge is 0.339 e. The molecular formula is C13H11BrClFN4O. The predicted molar refractivity (Wildman–Crippen MR) is 79.7 cm³/mol. The molecule has 0 saturated heterocycles. The van der Waals surface area contributed by atoms with Crippen LogP contribution in [-0.2, 0) is 18.8 Å². The summed E-state index contributed by atoms with van der Waals surface area (Å²) < 4.78 is 21.1. The van der Waals surface area contributed by atoms with Crippen molar-refractivity contribution in [2.45, 2.75) is 25.8 Å². The third-order valence-corrected chi connectivity index (χ3v) is 3.95. The first-order valence-corrected chi connectivity index (χ1v) is 7.60. The monoisotopic (exact) mass is 372 g/mol. The molecule has 0 N–H and O–H groups in total. The van der Waals surface area contributed by atoms with Crippen molar-refractivity contribution < 1.29 is 8.91 Å². The molecule has 0 aliphatic heterocycles. The Morgan fingerprint density at radius 3 is 2.86 bits per heavy atom. The molecule has 1 aromatic carbocycles. The predicted octanol–water partition coefficient (Wildman–Crippen LogP) is 3.61. The molecule has 2 aromatic heterocycles. The molecule has 0 amide bonds. The molecule has 8 heteroatoms. The number of hydrogen-bond donors (Lipinski definition) is 0. The van der Waals surface area contributed by atoms with Gasteiger partial charge in [0.1, 0.15) is 11.6 Å². The summed E-state index contributed by atoms with van der Waals surface area (Å²) in [6.07, 6.45) is 0.536. The lowest BCUT2D eigenvalue weighted by Crippen LogP contribution is -2.05. The third-order valence-electron chi connectivity index (χ3n) is 3.11. The highest BCUT2D eigenvalue weighted by atomic mass is 79.9. The standard InChI is InChI=1S/C13H11BrClFN4O/c1-7-17-13(21-19-7)2-3-20-11-5-9(16)8(14)4-10(11)18-12(20)6-15/h4-5H,2-3,6H2,1H3. The van der Waals surface area contributed by atoms with Crippen molar-refractivity contribution in [2.75, 3.05) is 0 Å². The highest BCUT2D eigenvalue weighted by Gasteiger charge is 2.14. The molecule has 0 fully saturated rings. The van der Waals surface area contributed by atoms with Crippen molar-refractivity contribution in [2.24, 2.45) is 0 Å². The fourth-order valence-electron chi connectivity index (χ4n) is 2.17. The van der Waals surface area contributed by atoms with Gasteiger partial charge in [0, 0.05) is 19.0 Å². The van der Waals surface area contributed by atoms with Gasteiger partial charge in [-0.15, -0.1) is 11.6 Å². The first kappa shape index (κ1) is 14.5. The zero-order valence-corrected chi connectivity index (χ0v) is 13.4. The molecule has 0 atom stereocenters. The van der Waals surface area contributed by atoms with Crippen molar-refractivity contribution in [1.29, 1.82) is 0 Å². The lowest BCUT2D eigenvalue weighted by Gasteiger charge is -2.06. The molecule has 21 heavy (non-hydrogen) atoms. The summed E-state index contributed by atoms with van der Waals surface area (Å²) in [5.74, 6) is 1.72. The van der Waals surface area contributed by atoms with E-state index in [0.717, 1.165) is 0 Å². The van der Waals surface area contributed by atoms with Crippen LogP contribution < -0.4 is 0 Å². The van der Waals surface area contributed by atoms with E-state index in [1.165, 1.54) is 6.07 Å². The zero-order chi connectivity index (χ0) is 15.0. The van der Waals surface area contributed by atoms with Crippen LogP contribution in [0.3, 0.4) is 0 Å². The van der Waals surface area contributed by atoms with E-state index >= 15 is 0 Å². The molecule has 0 radical (unpaired) electrons. The highest BCUT2D eigenvalue weighted by Crippen LogP contribution is 2.25. The third kappa shape index (κ3) is 2.80. The first-order valence-electron chi connectivity index (χ1n) is 6.28. The molecule has 0 unspecified atom stereocenters. The number of fused-ring (bicyclic) bond motifs is 1. The van der Waals surface area contributed by atoms with E-state index in [-0.39, 0.29) is 11.7 Å². The minimum atomic E-state index is -0.335. The lowest BCUT2D eigenvalue weighted by atomic mass is 10.3. The Balaban J connectivity index is 1.97. The summed E-state index contributed by atoms with van der Waals surface area (Å²) >= 11 is 9.09. The van der Waals surface area contributed by atoms with Gasteiger partial charge in [-0.05, 0) is 28.9 Å². The number of imidazole rings is 1. The Morgan fingerprint density at radius 1 is 1.38 bits per heavy atom. The minimum Gasteiger partial charge on any atom is -0.339 e. The van der Waals surface area contributed by atoms with E-state index in [2.05, 4.69) is 31.1 Å². The Kier molecular flexibility index (Phi) is 3.95. The van der Waals surface area contributed by atoms with Crippen molar-refractivity contribution in [1.82, 2.24) is 19.7 Å². The van der Waals surface area contributed by atoms with E-state index in [1.807, 2.05) is 4.57 Å². The Morgan fingerprint density at radius 2 is 2.19 bits per heavy atom. The second kappa shape index (κ2) is 5.73. The number of alkyl halides is 1. The summed E-state index contributed by atoms with van der Waals surface area (Å²) in [5.41, 5.74) is 1.39. The fourth-order valence-corrected chi connectivity index (χ4v) is 2.71. The van der Waals surface area contributed by atoms with Gasteiger partial charge >= 0.3 is 0 Å². The van der Waals surface area contributed by atoms with E-state index in [4.69, 9.17) is 16.1 Å². The maximum absolute atomic E-state index is 13.7. The topological polar surface area (TPSA) is 56.7 Å². The second-order valence-corrected chi connectivity index (χ2v) is 5.68. The van der Waals surface area contributed by atoms with Gasteiger partial charge in [-0.1, -0.05) is 5.16 Å². The Labute approximate surface area is 133 Å². The molecule has 3 rings (SSSR count). The van der Waals surface area contributed by atoms with Crippen LogP contribution in [0.2, 0.25) is 0 Å². The summed E-state index contributed by atoms with van der Waals surface area (Å²) in [7, 11) is 0. The van der Waals surface area contributed by atoms with Crippen LogP contribution in [0.15, 0.2) is 21.1 Å². The zero-order valence-electron chi connectivity index (χ0n) is 11.1. The molecule has 2 heterocycles. The fraction of sp³-hybridized carbons (Fsp3) is 0.308. The number of aryl methyl sites for hydroxylation is 3. The van der Waals surface area contributed by atoms with Crippen molar-refractivity contribution >= 4 is 38.6 Å². The van der Waals surface area contributed by atoms with E-state index in [9.17, 15) is 4.39 Å². The van der Waals surface area contributed by atoms with E-state index < -0.39 is 0 Å². The SMILES string of the molecule is Cc1noc(CCn2c(CCl)nc3cc(Br)c(F)cc32)n1. The van der Waals surface area contributed by atoms with Gasteiger partial charge in [-0.25, -0.2) is 9.37 Å². The normalized spacial score (nSPS) is 11.4. The molecule has 3 aromatic rings. The first-order chi connectivity index (χ1) is 10.1. The van der Waals surface area contributed by atoms with Gasteiger partial charge < -0.3 is 9.09 Å². The minimum absolute atomic E-state index is 0.247. The number of hydrogen-bond acceptors (Lipinski definition) is 4. The molecule has 0 saturated carbocycles. The van der Waals surface area contributed by atoms with Gasteiger partial charge in [0.2, 0.25) is 5.89 Å². The van der Waals surface area contributed by atoms with Crippen LogP contribution in [0.4, 0.5) is 4.39 Å². The summed E-state index contributed by atoms with van der Waals surface area (Å²) in [6, 6.07) is 3.09. The van der Waals surface area contributed by atoms with Gasteiger partial charge in [-0.3, -0.25) is 0 Å². The van der Waals surface area contributed by atoms with Gasteiger partial charge in [0.05, 0.1) is 21.4 Å². The van der Waals surface area contributed by atoms with Crippen LogP contribution in [0.5, 0.6) is 0 Å². The van der Waals surface area contributed by atoms with Crippen LogP contribution in [0.25, 0.3) is 11.0 Å². The molecule has 0 bridgehead atoms. The van der Waals surface area contributed by atoms with Crippen LogP contribution >= 0.6 is 27.5 Å². The van der Waals surface area contributed by atoms with Gasteiger partial charge in [-0.2, -0.15) is 4.98 Å². The van der Waals surface area contributed by atoms with Crippen LogP contribution in [0, 0.1) is 12.7 Å². The van der Waals surface area contributed by atoms with Gasteiger partial charge in [0.25, 0.3) is 0 Å². The number of benzene rings is 1. The molecule has 0 aliphatic carbocycles. The molecule has 5 nitrogen and oxygen atoms in total. The summed E-state index contributed by atoms with van der Waals surface area (Å²) in [4.78, 5) is 8.57. The maximum Gasteiger partial charge on any atom is 0.228 e. The maximum atomic E-state index is 13.7. The smallest absolute Gasteiger partial charge is 0.228 e. The average molecular weight is 374 g/mol. The van der Waals surface area contributed by atoms with Crippen LogP contribution in [0.1, 0.15) is 17.5 Å². The van der Waals surface area contributed by atoms with Crippen molar-refractivity contribution in [3.8, 4) is 0 Å². The average Bonchev–Trinajstić information content (AvgIpc) is 3.01.